The molecule has 4 nitrogen and oxygen atoms in total. The number of unbranched alkanes of at least 4 members (excludes halogenated alkanes) is 1. The summed E-state index contributed by atoms with van der Waals surface area (Å²) < 4.78 is 29.6. The molecule has 0 unspecified atom stereocenters. The fourth-order valence-corrected chi connectivity index (χ4v) is 3.54. The summed E-state index contributed by atoms with van der Waals surface area (Å²) in [5.41, 5.74) is 4.94. The second kappa shape index (κ2) is 8.61. The van der Waals surface area contributed by atoms with Crippen molar-refractivity contribution in [2.24, 2.45) is 0 Å². The first-order valence-corrected chi connectivity index (χ1v) is 9.97. The molecule has 0 amide bonds. The van der Waals surface area contributed by atoms with Gasteiger partial charge in [0, 0.05) is 13.6 Å². The first-order chi connectivity index (χ1) is 11.8. The quantitative estimate of drug-likeness (QED) is 0.522. The Bertz CT molecular complexity index is 798. The fourth-order valence-electron chi connectivity index (χ4n) is 2.58. The number of hydrogen-bond acceptors (Lipinski definition) is 4. The van der Waals surface area contributed by atoms with Crippen molar-refractivity contribution in [2.75, 3.05) is 13.6 Å². The van der Waals surface area contributed by atoms with E-state index < -0.39 is 10.1 Å². The summed E-state index contributed by atoms with van der Waals surface area (Å²) in [6, 6.07) is 13.2. The van der Waals surface area contributed by atoms with E-state index in [9.17, 15) is 8.42 Å². The van der Waals surface area contributed by atoms with Crippen LogP contribution in [0.15, 0.2) is 47.4 Å². The predicted octanol–water partition coefficient (Wildman–Crippen LogP) is 4.19. The van der Waals surface area contributed by atoms with Crippen LogP contribution in [0, 0.1) is 20.8 Å². The molecule has 2 rings (SSSR count). The third-order valence-electron chi connectivity index (χ3n) is 4.29. The minimum absolute atomic E-state index is 0.181. The summed E-state index contributed by atoms with van der Waals surface area (Å²) in [4.78, 5) is 0.181. The minimum atomic E-state index is -3.75. The van der Waals surface area contributed by atoms with Crippen LogP contribution in [-0.4, -0.2) is 27.1 Å². The number of benzene rings is 2. The van der Waals surface area contributed by atoms with E-state index in [0.717, 1.165) is 24.8 Å². The van der Waals surface area contributed by atoms with E-state index in [1.54, 1.807) is 31.3 Å². The lowest BCUT2D eigenvalue weighted by atomic mass is 10.0. The molecular formula is C20H27NO3S. The highest BCUT2D eigenvalue weighted by molar-refractivity contribution is 7.86. The molecule has 2 aromatic rings. The van der Waals surface area contributed by atoms with Crippen molar-refractivity contribution < 1.29 is 12.7 Å². The van der Waals surface area contributed by atoms with Gasteiger partial charge in [-0.3, -0.25) is 0 Å². The summed E-state index contributed by atoms with van der Waals surface area (Å²) >= 11 is 0. The summed E-state index contributed by atoms with van der Waals surface area (Å²) in [5.74, 6) is 0. The molecule has 0 aliphatic rings. The van der Waals surface area contributed by atoms with Gasteiger partial charge in [-0.05, 0) is 68.9 Å². The molecule has 0 saturated heterocycles. The molecule has 0 aliphatic heterocycles. The normalized spacial score (nSPS) is 11.9. The summed E-state index contributed by atoms with van der Waals surface area (Å²) in [7, 11) is -2.10. The molecule has 0 radical (unpaired) electrons. The van der Waals surface area contributed by atoms with Crippen LogP contribution in [0.3, 0.4) is 0 Å². The van der Waals surface area contributed by atoms with E-state index in [2.05, 4.69) is 32.0 Å². The van der Waals surface area contributed by atoms with Gasteiger partial charge >= 0.3 is 10.1 Å². The standard InChI is InChI=1S/C20H27NO3S/c1-16-8-12-20(13-9-16)25(22,23)24-21(4)14-6-5-7-19-11-10-17(2)18(3)15-19/h8-13,15H,5-7,14H2,1-4H3. The van der Waals surface area contributed by atoms with Gasteiger partial charge < -0.3 is 0 Å². The van der Waals surface area contributed by atoms with Crippen LogP contribution in [0.5, 0.6) is 0 Å². The van der Waals surface area contributed by atoms with E-state index >= 15 is 0 Å². The second-order valence-corrected chi connectivity index (χ2v) is 8.10. The highest BCUT2D eigenvalue weighted by Gasteiger charge is 2.17. The zero-order valence-electron chi connectivity index (χ0n) is 15.5. The maximum absolute atomic E-state index is 12.2. The summed E-state index contributed by atoms with van der Waals surface area (Å²) in [6.07, 6.45) is 2.84. The van der Waals surface area contributed by atoms with Gasteiger partial charge in [-0.1, -0.05) is 35.9 Å². The first kappa shape index (κ1) is 19.6. The van der Waals surface area contributed by atoms with Crippen molar-refractivity contribution in [1.29, 1.82) is 0 Å². The zero-order chi connectivity index (χ0) is 18.4. The van der Waals surface area contributed by atoms with Crippen molar-refractivity contribution >= 4 is 10.1 Å². The molecule has 0 atom stereocenters. The molecular weight excluding hydrogens is 334 g/mol. The third kappa shape index (κ3) is 5.96. The van der Waals surface area contributed by atoms with E-state index in [4.69, 9.17) is 4.28 Å². The summed E-state index contributed by atoms with van der Waals surface area (Å²) in [6.45, 7) is 6.71. The van der Waals surface area contributed by atoms with Crippen molar-refractivity contribution in [3.63, 3.8) is 0 Å². The van der Waals surface area contributed by atoms with Crippen molar-refractivity contribution in [1.82, 2.24) is 5.06 Å². The summed E-state index contributed by atoms with van der Waals surface area (Å²) in [5, 5.41) is 1.40. The first-order valence-electron chi connectivity index (χ1n) is 8.56. The van der Waals surface area contributed by atoms with E-state index in [-0.39, 0.29) is 4.90 Å². The second-order valence-electron chi connectivity index (χ2n) is 6.57. The Hall–Kier alpha value is -1.69. The van der Waals surface area contributed by atoms with Gasteiger partial charge in [-0.15, -0.1) is 0 Å². The number of hydrogen-bond donors (Lipinski definition) is 0. The van der Waals surface area contributed by atoms with Crippen molar-refractivity contribution in [3.8, 4) is 0 Å². The van der Waals surface area contributed by atoms with Crippen LogP contribution in [0.4, 0.5) is 0 Å². The van der Waals surface area contributed by atoms with Crippen LogP contribution in [-0.2, 0) is 20.8 Å². The number of nitrogens with zero attached hydrogens (tertiary/aromatic N) is 1. The molecule has 2 aromatic carbocycles. The van der Waals surface area contributed by atoms with Crippen molar-refractivity contribution in [3.05, 3.63) is 64.7 Å². The highest BCUT2D eigenvalue weighted by atomic mass is 32.2. The molecule has 0 aromatic heterocycles. The van der Waals surface area contributed by atoms with Crippen LogP contribution in [0.25, 0.3) is 0 Å². The highest BCUT2D eigenvalue weighted by Crippen LogP contribution is 2.15. The molecule has 5 heteroatoms. The fraction of sp³-hybridized carbons (Fsp3) is 0.400. The van der Waals surface area contributed by atoms with Gasteiger partial charge in [0.1, 0.15) is 0 Å². The van der Waals surface area contributed by atoms with Crippen LogP contribution in [0.1, 0.15) is 35.1 Å². The lowest BCUT2D eigenvalue weighted by molar-refractivity contribution is -0.0250. The number of aryl methyl sites for hydroxylation is 4. The number of rotatable bonds is 8. The van der Waals surface area contributed by atoms with Crippen molar-refractivity contribution in [2.45, 2.75) is 44.9 Å². The van der Waals surface area contributed by atoms with Gasteiger partial charge in [0.05, 0.1) is 4.90 Å². The number of hydroxylamine groups is 2. The van der Waals surface area contributed by atoms with Gasteiger partial charge in [0.15, 0.2) is 0 Å². The van der Waals surface area contributed by atoms with Crippen LogP contribution < -0.4 is 0 Å². The predicted molar refractivity (Wildman–Crippen MR) is 101 cm³/mol. The molecule has 0 heterocycles. The zero-order valence-corrected chi connectivity index (χ0v) is 16.3. The Morgan fingerprint density at radius 2 is 1.60 bits per heavy atom. The molecule has 0 N–H and O–H groups in total. The monoisotopic (exact) mass is 361 g/mol. The third-order valence-corrected chi connectivity index (χ3v) is 5.60. The van der Waals surface area contributed by atoms with E-state index in [0.29, 0.717) is 6.54 Å². The Morgan fingerprint density at radius 1 is 0.920 bits per heavy atom. The molecule has 0 aliphatic carbocycles. The van der Waals surface area contributed by atoms with Crippen LogP contribution in [0.2, 0.25) is 0 Å². The average Bonchev–Trinajstić information content (AvgIpc) is 2.55. The van der Waals surface area contributed by atoms with Gasteiger partial charge in [-0.25, -0.2) is 0 Å². The molecule has 25 heavy (non-hydrogen) atoms. The maximum atomic E-state index is 12.2. The Kier molecular flexibility index (Phi) is 6.76. The molecule has 0 saturated carbocycles. The van der Waals surface area contributed by atoms with E-state index in [1.807, 2.05) is 6.92 Å². The molecule has 0 bridgehead atoms. The average molecular weight is 362 g/mol. The van der Waals surface area contributed by atoms with Crippen LogP contribution >= 0.6 is 0 Å². The van der Waals surface area contributed by atoms with Gasteiger partial charge in [-0.2, -0.15) is 17.8 Å². The Balaban J connectivity index is 1.79. The largest absolute Gasteiger partial charge is 0.313 e. The lowest BCUT2D eigenvalue weighted by Gasteiger charge is -2.16. The minimum Gasteiger partial charge on any atom is -0.192 e. The SMILES string of the molecule is Cc1ccc(S(=O)(=O)ON(C)CCCCc2ccc(C)c(C)c2)cc1. The molecule has 0 fully saturated rings. The molecule has 136 valence electrons. The lowest BCUT2D eigenvalue weighted by Crippen LogP contribution is -2.24. The Labute approximate surface area is 151 Å². The molecule has 0 spiro atoms. The topological polar surface area (TPSA) is 46.6 Å². The van der Waals surface area contributed by atoms with E-state index in [1.165, 1.54) is 21.8 Å². The van der Waals surface area contributed by atoms with Gasteiger partial charge in [0.25, 0.3) is 0 Å². The Morgan fingerprint density at radius 3 is 2.24 bits per heavy atom. The maximum Gasteiger partial charge on any atom is 0.313 e. The smallest absolute Gasteiger partial charge is 0.192 e. The van der Waals surface area contributed by atoms with Gasteiger partial charge in [0.2, 0.25) is 0 Å².